The smallest absolute Gasteiger partial charge is 0.279 e. The van der Waals surface area contributed by atoms with E-state index in [-0.39, 0.29) is 6.04 Å². The molecule has 0 radical (unpaired) electrons. The molecule has 1 aliphatic carbocycles. The third-order valence-corrected chi connectivity index (χ3v) is 6.08. The molecule has 5 nitrogen and oxygen atoms in total. The first-order valence-electron chi connectivity index (χ1n) is 7.98. The highest BCUT2D eigenvalue weighted by atomic mass is 32.2. The van der Waals surface area contributed by atoms with E-state index in [0.717, 1.165) is 45.1 Å². The van der Waals surface area contributed by atoms with Crippen molar-refractivity contribution in [3.63, 3.8) is 0 Å². The SMILES string of the molecule is CC(C)NCC1CCN(S(=O)(=O)NC2CCCC2)CC1. The van der Waals surface area contributed by atoms with Gasteiger partial charge in [0, 0.05) is 25.2 Å². The second kappa shape index (κ2) is 7.20. The topological polar surface area (TPSA) is 61.4 Å². The second-order valence-electron chi connectivity index (χ2n) is 6.51. The van der Waals surface area contributed by atoms with Crippen molar-refractivity contribution in [2.75, 3.05) is 19.6 Å². The van der Waals surface area contributed by atoms with Crippen LogP contribution in [0.1, 0.15) is 52.4 Å². The van der Waals surface area contributed by atoms with E-state index in [0.29, 0.717) is 25.0 Å². The molecule has 6 heteroatoms. The van der Waals surface area contributed by atoms with Gasteiger partial charge in [-0.1, -0.05) is 26.7 Å². The lowest BCUT2D eigenvalue weighted by Crippen LogP contribution is -2.48. The van der Waals surface area contributed by atoms with Gasteiger partial charge in [0.15, 0.2) is 0 Å². The Kier molecular flexibility index (Phi) is 5.84. The predicted molar refractivity (Wildman–Crippen MR) is 81.7 cm³/mol. The highest BCUT2D eigenvalue weighted by Crippen LogP contribution is 2.22. The number of nitrogens with one attached hydrogen (secondary N) is 2. The lowest BCUT2D eigenvalue weighted by Gasteiger charge is -2.32. The molecule has 0 spiro atoms. The largest absolute Gasteiger partial charge is 0.314 e. The number of rotatable bonds is 6. The number of hydrogen-bond acceptors (Lipinski definition) is 3. The van der Waals surface area contributed by atoms with Crippen molar-refractivity contribution < 1.29 is 8.42 Å². The summed E-state index contributed by atoms with van der Waals surface area (Å²) in [6.07, 6.45) is 6.21. The third kappa shape index (κ3) is 4.69. The Balaban J connectivity index is 1.77. The highest BCUT2D eigenvalue weighted by Gasteiger charge is 2.30. The summed E-state index contributed by atoms with van der Waals surface area (Å²) in [6, 6.07) is 0.668. The Morgan fingerprint density at radius 1 is 1.10 bits per heavy atom. The third-order valence-electron chi connectivity index (χ3n) is 4.40. The first-order valence-corrected chi connectivity index (χ1v) is 9.42. The summed E-state index contributed by atoms with van der Waals surface area (Å²) in [5.74, 6) is 0.607. The summed E-state index contributed by atoms with van der Waals surface area (Å²) >= 11 is 0. The fraction of sp³-hybridized carbons (Fsp3) is 1.00. The van der Waals surface area contributed by atoms with Crippen molar-refractivity contribution in [2.45, 2.75) is 64.5 Å². The average Bonchev–Trinajstić information content (AvgIpc) is 2.89. The fourth-order valence-corrected chi connectivity index (χ4v) is 4.58. The van der Waals surface area contributed by atoms with E-state index < -0.39 is 10.2 Å². The Hall–Kier alpha value is -0.170. The molecule has 1 saturated carbocycles. The molecular weight excluding hydrogens is 274 g/mol. The number of nitrogens with zero attached hydrogens (tertiary/aromatic N) is 1. The first kappa shape index (κ1) is 16.2. The standard InChI is InChI=1S/C14H29N3O2S/c1-12(2)15-11-13-7-9-17(10-8-13)20(18,19)16-14-5-3-4-6-14/h12-16H,3-11H2,1-2H3. The van der Waals surface area contributed by atoms with Gasteiger partial charge in [-0.05, 0) is 38.1 Å². The van der Waals surface area contributed by atoms with Gasteiger partial charge < -0.3 is 5.32 Å². The molecule has 0 aromatic heterocycles. The van der Waals surface area contributed by atoms with E-state index in [1.54, 1.807) is 4.31 Å². The van der Waals surface area contributed by atoms with Crippen LogP contribution in [0, 0.1) is 5.92 Å². The van der Waals surface area contributed by atoms with Gasteiger partial charge in [-0.3, -0.25) is 0 Å². The van der Waals surface area contributed by atoms with E-state index in [4.69, 9.17) is 0 Å². The lowest BCUT2D eigenvalue weighted by atomic mass is 9.98. The summed E-state index contributed by atoms with van der Waals surface area (Å²) in [5.41, 5.74) is 0. The van der Waals surface area contributed by atoms with E-state index >= 15 is 0 Å². The maximum atomic E-state index is 12.3. The molecule has 1 heterocycles. The van der Waals surface area contributed by atoms with Crippen LogP contribution in [0.25, 0.3) is 0 Å². The molecule has 20 heavy (non-hydrogen) atoms. The zero-order valence-corrected chi connectivity index (χ0v) is 13.6. The summed E-state index contributed by atoms with van der Waals surface area (Å²) in [6.45, 7) is 6.61. The lowest BCUT2D eigenvalue weighted by molar-refractivity contribution is 0.260. The van der Waals surface area contributed by atoms with E-state index in [1.165, 1.54) is 0 Å². The summed E-state index contributed by atoms with van der Waals surface area (Å²) in [4.78, 5) is 0. The van der Waals surface area contributed by atoms with Crippen LogP contribution in [0.4, 0.5) is 0 Å². The number of hydrogen-bond donors (Lipinski definition) is 2. The Morgan fingerprint density at radius 2 is 1.70 bits per heavy atom. The molecule has 0 aromatic carbocycles. The van der Waals surface area contributed by atoms with Gasteiger partial charge in [-0.2, -0.15) is 17.4 Å². The molecule has 0 atom stereocenters. The molecule has 2 N–H and O–H groups in total. The van der Waals surface area contributed by atoms with Crippen LogP contribution in [0.5, 0.6) is 0 Å². The van der Waals surface area contributed by atoms with Gasteiger partial charge in [0.05, 0.1) is 0 Å². The van der Waals surface area contributed by atoms with Crippen molar-refractivity contribution in [1.29, 1.82) is 0 Å². The van der Waals surface area contributed by atoms with Crippen LogP contribution in [-0.2, 0) is 10.2 Å². The summed E-state index contributed by atoms with van der Waals surface area (Å²) in [5, 5.41) is 3.44. The van der Waals surface area contributed by atoms with Gasteiger partial charge in [0.1, 0.15) is 0 Å². The van der Waals surface area contributed by atoms with Gasteiger partial charge in [-0.15, -0.1) is 0 Å². The Bertz CT molecular complexity index is 383. The fourth-order valence-electron chi connectivity index (χ4n) is 3.08. The normalized spacial score (nSPS) is 23.8. The van der Waals surface area contributed by atoms with Crippen LogP contribution in [-0.4, -0.2) is 44.4 Å². The van der Waals surface area contributed by atoms with E-state index in [1.807, 2.05) is 0 Å². The molecule has 0 aromatic rings. The van der Waals surface area contributed by atoms with Crippen molar-refractivity contribution in [2.24, 2.45) is 5.92 Å². The van der Waals surface area contributed by atoms with Crippen molar-refractivity contribution in [3.05, 3.63) is 0 Å². The molecule has 2 fully saturated rings. The first-order chi connectivity index (χ1) is 9.47. The van der Waals surface area contributed by atoms with Crippen LogP contribution in [0.2, 0.25) is 0 Å². The quantitative estimate of drug-likeness (QED) is 0.781. The molecule has 2 rings (SSSR count). The van der Waals surface area contributed by atoms with Crippen LogP contribution < -0.4 is 10.0 Å². The van der Waals surface area contributed by atoms with Crippen LogP contribution in [0.3, 0.4) is 0 Å². The zero-order chi connectivity index (χ0) is 14.6. The van der Waals surface area contributed by atoms with Crippen LogP contribution >= 0.6 is 0 Å². The van der Waals surface area contributed by atoms with Crippen molar-refractivity contribution in [1.82, 2.24) is 14.3 Å². The second-order valence-corrected chi connectivity index (χ2v) is 8.21. The molecule has 1 saturated heterocycles. The van der Waals surface area contributed by atoms with Gasteiger partial charge >= 0.3 is 0 Å². The minimum Gasteiger partial charge on any atom is -0.314 e. The molecule has 118 valence electrons. The molecule has 0 amide bonds. The molecule has 1 aliphatic heterocycles. The summed E-state index contributed by atoms with van der Waals surface area (Å²) in [7, 11) is -3.26. The highest BCUT2D eigenvalue weighted by molar-refractivity contribution is 7.87. The zero-order valence-electron chi connectivity index (χ0n) is 12.8. The Morgan fingerprint density at radius 3 is 2.25 bits per heavy atom. The minimum absolute atomic E-state index is 0.167. The molecule has 2 aliphatic rings. The van der Waals surface area contributed by atoms with Gasteiger partial charge in [-0.25, -0.2) is 0 Å². The maximum Gasteiger partial charge on any atom is 0.279 e. The monoisotopic (exact) mass is 303 g/mol. The van der Waals surface area contributed by atoms with Crippen molar-refractivity contribution in [3.8, 4) is 0 Å². The van der Waals surface area contributed by atoms with E-state index in [2.05, 4.69) is 23.9 Å². The summed E-state index contributed by atoms with van der Waals surface area (Å²) < 4.78 is 29.1. The minimum atomic E-state index is -3.26. The Labute approximate surface area is 123 Å². The van der Waals surface area contributed by atoms with Crippen molar-refractivity contribution >= 4 is 10.2 Å². The van der Waals surface area contributed by atoms with Crippen LogP contribution in [0.15, 0.2) is 0 Å². The van der Waals surface area contributed by atoms with Gasteiger partial charge in [0.2, 0.25) is 0 Å². The predicted octanol–water partition coefficient (Wildman–Crippen LogP) is 1.47. The van der Waals surface area contributed by atoms with Gasteiger partial charge in [0.25, 0.3) is 10.2 Å². The average molecular weight is 303 g/mol. The number of piperidine rings is 1. The molecule has 0 unspecified atom stereocenters. The van der Waals surface area contributed by atoms with E-state index in [9.17, 15) is 8.42 Å². The molecule has 0 bridgehead atoms. The maximum absolute atomic E-state index is 12.3. The molecular formula is C14H29N3O2S.